The number of nitrogens with one attached hydrogen (secondary N) is 1. The van der Waals surface area contributed by atoms with Gasteiger partial charge < -0.3 is 20.3 Å². The summed E-state index contributed by atoms with van der Waals surface area (Å²) in [7, 11) is 0. The van der Waals surface area contributed by atoms with E-state index in [0.717, 1.165) is 3.57 Å². The van der Waals surface area contributed by atoms with Gasteiger partial charge in [0.1, 0.15) is 5.56 Å². The van der Waals surface area contributed by atoms with E-state index < -0.39 is 18.5 Å². The number of para-hydroxylation sites is 1. The Morgan fingerprint density at radius 2 is 2.14 bits per heavy atom. The van der Waals surface area contributed by atoms with Crippen molar-refractivity contribution in [2.45, 2.75) is 6.92 Å². The van der Waals surface area contributed by atoms with E-state index in [0.29, 0.717) is 11.4 Å². The summed E-state index contributed by atoms with van der Waals surface area (Å²) in [5, 5.41) is 6.19. The molecule has 0 saturated carbocycles. The molecule has 1 aromatic heterocycles. The molecule has 1 heterocycles. The number of amides is 1. The molecule has 0 fully saturated rings. The van der Waals surface area contributed by atoms with Gasteiger partial charge in [0.05, 0.1) is 11.4 Å². The average molecular weight is 401 g/mol. The summed E-state index contributed by atoms with van der Waals surface area (Å²) in [6.45, 7) is 1.14. The number of carbonyl (C=O) groups excluding carboxylic acids is 2. The third kappa shape index (κ3) is 3.72. The van der Waals surface area contributed by atoms with Crippen LogP contribution in [0, 0.1) is 10.5 Å². The van der Waals surface area contributed by atoms with E-state index in [4.69, 9.17) is 10.5 Å². The molecule has 8 heteroatoms. The second-order valence-electron chi connectivity index (χ2n) is 4.11. The van der Waals surface area contributed by atoms with E-state index >= 15 is 0 Å². The van der Waals surface area contributed by atoms with Crippen molar-refractivity contribution in [3.05, 3.63) is 39.1 Å². The first-order valence-corrected chi connectivity index (χ1v) is 7.00. The van der Waals surface area contributed by atoms with Crippen LogP contribution in [-0.4, -0.2) is 23.6 Å². The first-order chi connectivity index (χ1) is 9.99. The number of hydrogen-bond donors (Lipinski definition) is 2. The van der Waals surface area contributed by atoms with Crippen LogP contribution in [0.4, 0.5) is 11.6 Å². The van der Waals surface area contributed by atoms with Gasteiger partial charge in [0.15, 0.2) is 6.61 Å². The number of anilines is 2. The topological polar surface area (TPSA) is 107 Å². The standard InChI is InChI=1S/C13H12IN3O4/c1-7-11(12(15)21-17-7)13(19)20-6-10(18)16-9-5-3-2-4-8(9)14/h2-5H,6,15H2,1H3,(H,16,18). The molecule has 2 rings (SSSR count). The lowest BCUT2D eigenvalue weighted by Crippen LogP contribution is -2.21. The first kappa shape index (κ1) is 15.3. The van der Waals surface area contributed by atoms with Gasteiger partial charge in [0.25, 0.3) is 5.91 Å². The highest BCUT2D eigenvalue weighted by Gasteiger charge is 2.20. The quantitative estimate of drug-likeness (QED) is 0.599. The zero-order chi connectivity index (χ0) is 15.4. The number of hydrogen-bond acceptors (Lipinski definition) is 6. The van der Waals surface area contributed by atoms with Crippen molar-refractivity contribution in [3.8, 4) is 0 Å². The van der Waals surface area contributed by atoms with E-state index in [1.807, 2.05) is 12.1 Å². The fourth-order valence-electron chi connectivity index (χ4n) is 1.59. The van der Waals surface area contributed by atoms with Crippen molar-refractivity contribution < 1.29 is 18.8 Å². The van der Waals surface area contributed by atoms with E-state index in [-0.39, 0.29) is 11.4 Å². The maximum Gasteiger partial charge on any atom is 0.346 e. The Hall–Kier alpha value is -2.10. The van der Waals surface area contributed by atoms with Gasteiger partial charge in [-0.25, -0.2) is 4.79 Å². The zero-order valence-corrected chi connectivity index (χ0v) is 13.2. The SMILES string of the molecule is Cc1noc(N)c1C(=O)OCC(=O)Nc1ccccc1I. The molecule has 0 aliphatic rings. The molecule has 1 amide bonds. The molecule has 1 aromatic carbocycles. The number of nitrogen functional groups attached to an aromatic ring is 1. The van der Waals surface area contributed by atoms with E-state index in [1.165, 1.54) is 0 Å². The molecule has 110 valence electrons. The van der Waals surface area contributed by atoms with Gasteiger partial charge in [-0.1, -0.05) is 17.3 Å². The van der Waals surface area contributed by atoms with Crippen LogP contribution in [0.3, 0.4) is 0 Å². The van der Waals surface area contributed by atoms with Crippen molar-refractivity contribution in [3.63, 3.8) is 0 Å². The third-order valence-corrected chi connectivity index (χ3v) is 3.52. The minimum atomic E-state index is -0.746. The Morgan fingerprint density at radius 3 is 2.76 bits per heavy atom. The molecular weight excluding hydrogens is 389 g/mol. The van der Waals surface area contributed by atoms with Crippen LogP contribution >= 0.6 is 22.6 Å². The maximum absolute atomic E-state index is 11.8. The number of esters is 1. The molecule has 0 bridgehead atoms. The smallest absolute Gasteiger partial charge is 0.346 e. The molecule has 0 saturated heterocycles. The van der Waals surface area contributed by atoms with Crippen LogP contribution in [0.1, 0.15) is 16.1 Å². The van der Waals surface area contributed by atoms with Crippen LogP contribution in [0.5, 0.6) is 0 Å². The van der Waals surface area contributed by atoms with Crippen LogP contribution in [0.2, 0.25) is 0 Å². The molecule has 0 unspecified atom stereocenters. The normalized spacial score (nSPS) is 10.2. The average Bonchev–Trinajstić information content (AvgIpc) is 2.78. The van der Waals surface area contributed by atoms with Crippen molar-refractivity contribution in [2.24, 2.45) is 0 Å². The monoisotopic (exact) mass is 401 g/mol. The fraction of sp³-hybridized carbons (Fsp3) is 0.154. The van der Waals surface area contributed by atoms with Gasteiger partial charge in [0.2, 0.25) is 5.88 Å². The maximum atomic E-state index is 11.8. The van der Waals surface area contributed by atoms with Gasteiger partial charge >= 0.3 is 5.97 Å². The molecular formula is C13H12IN3O4. The lowest BCUT2D eigenvalue weighted by atomic mass is 10.2. The minimum absolute atomic E-state index is 0.0390. The van der Waals surface area contributed by atoms with E-state index in [2.05, 4.69) is 37.6 Å². The summed E-state index contributed by atoms with van der Waals surface area (Å²) in [5.74, 6) is -1.32. The van der Waals surface area contributed by atoms with Crippen LogP contribution in [0.25, 0.3) is 0 Å². The van der Waals surface area contributed by atoms with Crippen molar-refractivity contribution >= 4 is 46.0 Å². The Kier molecular flexibility index (Phi) is 4.78. The molecule has 2 aromatic rings. The second-order valence-corrected chi connectivity index (χ2v) is 5.27. The van der Waals surface area contributed by atoms with Crippen molar-refractivity contribution in [1.82, 2.24) is 5.16 Å². The Bertz CT molecular complexity index is 664. The summed E-state index contributed by atoms with van der Waals surface area (Å²) in [5.41, 5.74) is 6.47. The molecule has 0 aliphatic heterocycles. The fourth-order valence-corrected chi connectivity index (χ4v) is 2.11. The van der Waals surface area contributed by atoms with Crippen molar-refractivity contribution in [2.75, 3.05) is 17.7 Å². The predicted octanol–water partition coefficient (Wildman–Crippen LogP) is 1.97. The lowest BCUT2D eigenvalue weighted by molar-refractivity contribution is -0.119. The van der Waals surface area contributed by atoms with Gasteiger partial charge in [0, 0.05) is 3.57 Å². The Labute approximate surface area is 134 Å². The van der Waals surface area contributed by atoms with Gasteiger partial charge in [-0.3, -0.25) is 4.79 Å². The van der Waals surface area contributed by atoms with Gasteiger partial charge in [-0.15, -0.1) is 0 Å². The largest absolute Gasteiger partial charge is 0.452 e. The zero-order valence-electron chi connectivity index (χ0n) is 11.1. The summed E-state index contributed by atoms with van der Waals surface area (Å²) >= 11 is 2.09. The lowest BCUT2D eigenvalue weighted by Gasteiger charge is -2.07. The molecule has 0 spiro atoms. The summed E-state index contributed by atoms with van der Waals surface area (Å²) in [6, 6.07) is 7.26. The Balaban J connectivity index is 1.93. The predicted molar refractivity (Wildman–Crippen MR) is 83.7 cm³/mol. The number of aromatic nitrogens is 1. The number of halogens is 1. The second kappa shape index (κ2) is 6.57. The summed E-state index contributed by atoms with van der Waals surface area (Å²) < 4.78 is 10.4. The number of nitrogens with zero attached hydrogens (tertiary/aromatic N) is 1. The van der Waals surface area contributed by atoms with Gasteiger partial charge in [-0.05, 0) is 41.6 Å². The number of carbonyl (C=O) groups is 2. The number of ether oxygens (including phenoxy) is 1. The van der Waals surface area contributed by atoms with Crippen molar-refractivity contribution in [1.29, 1.82) is 0 Å². The highest BCUT2D eigenvalue weighted by molar-refractivity contribution is 14.1. The van der Waals surface area contributed by atoms with Crippen LogP contribution in [0.15, 0.2) is 28.8 Å². The van der Waals surface area contributed by atoms with Crippen LogP contribution < -0.4 is 11.1 Å². The molecule has 0 aliphatic carbocycles. The summed E-state index contributed by atoms with van der Waals surface area (Å²) in [4.78, 5) is 23.5. The van der Waals surface area contributed by atoms with Gasteiger partial charge in [-0.2, -0.15) is 0 Å². The highest BCUT2D eigenvalue weighted by Crippen LogP contribution is 2.18. The molecule has 7 nitrogen and oxygen atoms in total. The number of aryl methyl sites for hydroxylation is 1. The Morgan fingerprint density at radius 1 is 1.43 bits per heavy atom. The van der Waals surface area contributed by atoms with E-state index in [9.17, 15) is 9.59 Å². The first-order valence-electron chi connectivity index (χ1n) is 5.92. The van der Waals surface area contributed by atoms with Crippen LogP contribution in [-0.2, 0) is 9.53 Å². The molecule has 21 heavy (non-hydrogen) atoms. The van der Waals surface area contributed by atoms with E-state index in [1.54, 1.807) is 19.1 Å². The third-order valence-electron chi connectivity index (χ3n) is 2.58. The minimum Gasteiger partial charge on any atom is -0.452 e. The summed E-state index contributed by atoms with van der Waals surface area (Å²) in [6.07, 6.45) is 0. The number of nitrogens with two attached hydrogens (primary N) is 1. The molecule has 3 N–H and O–H groups in total. The molecule has 0 atom stereocenters. The molecule has 0 radical (unpaired) electrons. The number of rotatable bonds is 4. The number of benzene rings is 1. The highest BCUT2D eigenvalue weighted by atomic mass is 127.